The van der Waals surface area contributed by atoms with E-state index < -0.39 is 0 Å². The van der Waals surface area contributed by atoms with E-state index in [0.717, 1.165) is 17.0 Å². The van der Waals surface area contributed by atoms with Crippen molar-refractivity contribution in [3.8, 4) is 40.1 Å². The van der Waals surface area contributed by atoms with Crippen LogP contribution < -0.4 is 24.4 Å². The molecule has 0 spiro atoms. The Balaban J connectivity index is 1.51. The molecule has 0 saturated heterocycles. The maximum absolute atomic E-state index is 12.6. The standard InChI is InChI=1S/C27H28N6O5S/c1-5-38-20-10-8-19(9-11-20)33-26(18-7-6-12-28-15-18)31-32-27(33)39-17-25(34)30-29-16-22-23(36-3)13-21(35-2)14-24(22)37-4/h6-16H,5,17H2,1-4H3,(H,30,34)/b29-16+. The van der Waals surface area contributed by atoms with Crippen molar-refractivity contribution >= 4 is 23.9 Å². The molecule has 0 bridgehead atoms. The van der Waals surface area contributed by atoms with E-state index >= 15 is 0 Å². The predicted molar refractivity (Wildman–Crippen MR) is 148 cm³/mol. The maximum Gasteiger partial charge on any atom is 0.250 e. The molecule has 2 aromatic heterocycles. The third-order valence-electron chi connectivity index (χ3n) is 5.43. The number of rotatable bonds is 12. The van der Waals surface area contributed by atoms with E-state index in [9.17, 15) is 4.79 Å². The summed E-state index contributed by atoms with van der Waals surface area (Å²) in [6.07, 6.45) is 4.87. The molecule has 2 aromatic carbocycles. The second-order valence-corrected chi connectivity index (χ2v) is 8.78. The molecule has 0 aliphatic carbocycles. The van der Waals surface area contributed by atoms with Crippen LogP contribution in [0, 0.1) is 0 Å². The van der Waals surface area contributed by atoms with E-state index in [4.69, 9.17) is 18.9 Å². The van der Waals surface area contributed by atoms with Gasteiger partial charge in [0.05, 0.1) is 45.5 Å². The average Bonchev–Trinajstić information content (AvgIpc) is 3.41. The van der Waals surface area contributed by atoms with E-state index in [1.165, 1.54) is 32.2 Å². The fourth-order valence-electron chi connectivity index (χ4n) is 3.63. The van der Waals surface area contributed by atoms with Gasteiger partial charge in [-0.05, 0) is 43.3 Å². The molecule has 0 radical (unpaired) electrons. The minimum atomic E-state index is -0.327. The normalized spacial score (nSPS) is 10.9. The van der Waals surface area contributed by atoms with Crippen molar-refractivity contribution in [3.05, 3.63) is 66.5 Å². The van der Waals surface area contributed by atoms with Crippen LogP contribution in [0.1, 0.15) is 12.5 Å². The molecule has 4 aromatic rings. The molecule has 4 rings (SSSR count). The molecular formula is C27H28N6O5S. The van der Waals surface area contributed by atoms with Crippen molar-refractivity contribution in [3.63, 3.8) is 0 Å². The highest BCUT2D eigenvalue weighted by molar-refractivity contribution is 7.99. The minimum Gasteiger partial charge on any atom is -0.496 e. The first-order valence-electron chi connectivity index (χ1n) is 11.9. The molecule has 202 valence electrons. The number of thioether (sulfide) groups is 1. The van der Waals surface area contributed by atoms with Gasteiger partial charge in [-0.2, -0.15) is 5.10 Å². The summed E-state index contributed by atoms with van der Waals surface area (Å²) >= 11 is 1.23. The molecule has 39 heavy (non-hydrogen) atoms. The van der Waals surface area contributed by atoms with E-state index in [2.05, 4.69) is 25.7 Å². The zero-order valence-corrected chi connectivity index (χ0v) is 22.8. The number of hydrogen-bond donors (Lipinski definition) is 1. The largest absolute Gasteiger partial charge is 0.496 e. The van der Waals surface area contributed by atoms with Gasteiger partial charge in [0, 0.05) is 35.8 Å². The average molecular weight is 549 g/mol. The van der Waals surface area contributed by atoms with Gasteiger partial charge in [-0.15, -0.1) is 10.2 Å². The second kappa shape index (κ2) is 13.3. The molecule has 12 heteroatoms. The van der Waals surface area contributed by atoms with Crippen LogP contribution in [0.15, 0.2) is 71.2 Å². The molecule has 0 aliphatic rings. The Bertz CT molecular complexity index is 1400. The highest BCUT2D eigenvalue weighted by Crippen LogP contribution is 2.33. The minimum absolute atomic E-state index is 0.0520. The number of benzene rings is 2. The van der Waals surface area contributed by atoms with Crippen LogP contribution >= 0.6 is 11.8 Å². The van der Waals surface area contributed by atoms with Crippen molar-refractivity contribution in [2.45, 2.75) is 12.1 Å². The lowest BCUT2D eigenvalue weighted by Gasteiger charge is -2.12. The summed E-state index contributed by atoms with van der Waals surface area (Å²) in [6, 6.07) is 14.7. The Labute approximate surface area is 230 Å². The van der Waals surface area contributed by atoms with Crippen LogP contribution in [0.3, 0.4) is 0 Å². The number of ether oxygens (including phenoxy) is 4. The summed E-state index contributed by atoms with van der Waals surface area (Å²) in [5, 5.41) is 13.3. The first kappa shape index (κ1) is 27.5. The lowest BCUT2D eigenvalue weighted by atomic mass is 10.2. The molecule has 1 amide bonds. The predicted octanol–water partition coefficient (Wildman–Crippen LogP) is 4.00. The topological polar surface area (TPSA) is 122 Å². The fourth-order valence-corrected chi connectivity index (χ4v) is 4.37. The van der Waals surface area contributed by atoms with Crippen molar-refractivity contribution in [1.29, 1.82) is 0 Å². The van der Waals surface area contributed by atoms with Gasteiger partial charge in [-0.25, -0.2) is 5.43 Å². The summed E-state index contributed by atoms with van der Waals surface area (Å²) in [6.45, 7) is 2.51. The summed E-state index contributed by atoms with van der Waals surface area (Å²) in [5.41, 5.74) is 4.71. The highest BCUT2D eigenvalue weighted by atomic mass is 32.2. The highest BCUT2D eigenvalue weighted by Gasteiger charge is 2.18. The van der Waals surface area contributed by atoms with Crippen molar-refractivity contribution in [1.82, 2.24) is 25.2 Å². The third-order valence-corrected chi connectivity index (χ3v) is 6.36. The number of nitrogens with zero attached hydrogens (tertiary/aromatic N) is 5. The number of aromatic nitrogens is 4. The van der Waals surface area contributed by atoms with Gasteiger partial charge >= 0.3 is 0 Å². The Hall–Kier alpha value is -4.58. The summed E-state index contributed by atoms with van der Waals surface area (Å²) in [7, 11) is 4.61. The Morgan fingerprint density at radius 2 is 1.77 bits per heavy atom. The van der Waals surface area contributed by atoms with Crippen LogP contribution in [0.4, 0.5) is 0 Å². The van der Waals surface area contributed by atoms with Crippen LogP contribution in [0.2, 0.25) is 0 Å². The van der Waals surface area contributed by atoms with Crippen LogP contribution in [-0.4, -0.2) is 65.6 Å². The summed E-state index contributed by atoms with van der Waals surface area (Å²) in [5.74, 6) is 2.64. The van der Waals surface area contributed by atoms with E-state index in [-0.39, 0.29) is 11.7 Å². The molecule has 2 heterocycles. The maximum atomic E-state index is 12.6. The molecular weight excluding hydrogens is 520 g/mol. The molecule has 0 aliphatic heterocycles. The first-order valence-corrected chi connectivity index (χ1v) is 12.9. The Morgan fingerprint density at radius 3 is 2.38 bits per heavy atom. The van der Waals surface area contributed by atoms with E-state index in [0.29, 0.717) is 40.4 Å². The molecule has 0 fully saturated rings. The van der Waals surface area contributed by atoms with Gasteiger partial charge in [-0.3, -0.25) is 14.3 Å². The smallest absolute Gasteiger partial charge is 0.250 e. The number of hydrogen-bond acceptors (Lipinski definition) is 10. The monoisotopic (exact) mass is 548 g/mol. The van der Waals surface area contributed by atoms with Gasteiger partial charge < -0.3 is 18.9 Å². The second-order valence-electron chi connectivity index (χ2n) is 7.84. The zero-order chi connectivity index (χ0) is 27.6. The number of nitrogens with one attached hydrogen (secondary N) is 1. The summed E-state index contributed by atoms with van der Waals surface area (Å²) < 4.78 is 23.5. The Kier molecular flexibility index (Phi) is 9.35. The van der Waals surface area contributed by atoms with Gasteiger partial charge in [0.1, 0.15) is 23.0 Å². The Morgan fingerprint density at radius 1 is 1.03 bits per heavy atom. The van der Waals surface area contributed by atoms with E-state index in [1.54, 1.807) is 31.6 Å². The van der Waals surface area contributed by atoms with Gasteiger partial charge in [0.25, 0.3) is 5.91 Å². The quantitative estimate of drug-likeness (QED) is 0.159. The molecule has 0 atom stereocenters. The SMILES string of the molecule is CCOc1ccc(-n2c(SCC(=O)N/N=C/c3c(OC)cc(OC)cc3OC)nnc2-c2cccnc2)cc1. The number of hydrazone groups is 1. The first-order chi connectivity index (χ1) is 19.1. The molecule has 0 saturated carbocycles. The van der Waals surface area contributed by atoms with Crippen molar-refractivity contribution < 1.29 is 23.7 Å². The lowest BCUT2D eigenvalue weighted by Crippen LogP contribution is -2.20. The number of carbonyl (C=O) groups is 1. The third kappa shape index (κ3) is 6.65. The number of carbonyl (C=O) groups excluding carboxylic acids is 1. The van der Waals surface area contributed by atoms with Gasteiger partial charge in [0.2, 0.25) is 0 Å². The van der Waals surface area contributed by atoms with Gasteiger partial charge in [-0.1, -0.05) is 11.8 Å². The summed E-state index contributed by atoms with van der Waals surface area (Å²) in [4.78, 5) is 16.8. The number of amides is 1. The zero-order valence-electron chi connectivity index (χ0n) is 22.0. The van der Waals surface area contributed by atoms with Gasteiger partial charge in [0.15, 0.2) is 11.0 Å². The number of methoxy groups -OCH3 is 3. The molecule has 11 nitrogen and oxygen atoms in total. The molecule has 1 N–H and O–H groups in total. The molecule has 0 unspecified atom stereocenters. The lowest BCUT2D eigenvalue weighted by molar-refractivity contribution is -0.118. The van der Waals surface area contributed by atoms with Crippen molar-refractivity contribution in [2.24, 2.45) is 5.10 Å². The van der Waals surface area contributed by atoms with Crippen LogP contribution in [0.5, 0.6) is 23.0 Å². The fraction of sp³-hybridized carbons (Fsp3) is 0.222. The van der Waals surface area contributed by atoms with Crippen LogP contribution in [-0.2, 0) is 4.79 Å². The van der Waals surface area contributed by atoms with E-state index in [1.807, 2.05) is 47.9 Å². The van der Waals surface area contributed by atoms with Crippen molar-refractivity contribution in [2.75, 3.05) is 33.7 Å². The van der Waals surface area contributed by atoms with Crippen LogP contribution in [0.25, 0.3) is 17.1 Å². The number of pyridine rings is 1.